The molecule has 5 heteroatoms. The van der Waals surface area contributed by atoms with Crippen LogP contribution in [0.2, 0.25) is 0 Å². The Morgan fingerprint density at radius 1 is 1.19 bits per heavy atom. The maximum absolute atomic E-state index is 13.0. The molecule has 0 aromatic heterocycles. The van der Waals surface area contributed by atoms with Gasteiger partial charge < -0.3 is 10.2 Å². The van der Waals surface area contributed by atoms with Gasteiger partial charge >= 0.3 is 0 Å². The lowest BCUT2D eigenvalue weighted by Gasteiger charge is -2.47. The van der Waals surface area contributed by atoms with Crippen molar-refractivity contribution >= 4 is 23.6 Å². The van der Waals surface area contributed by atoms with E-state index in [0.29, 0.717) is 5.25 Å². The summed E-state index contributed by atoms with van der Waals surface area (Å²) in [4.78, 5) is 27.3. The first-order valence-electron chi connectivity index (χ1n) is 8.37. The van der Waals surface area contributed by atoms with E-state index in [1.165, 1.54) is 31.4 Å². The van der Waals surface area contributed by atoms with Gasteiger partial charge in [-0.2, -0.15) is 11.8 Å². The quantitative estimate of drug-likeness (QED) is 0.851. The molecule has 118 valence electrons. The fourth-order valence-corrected chi connectivity index (χ4v) is 5.20. The molecule has 1 N–H and O–H groups in total. The van der Waals surface area contributed by atoms with Crippen molar-refractivity contribution in [1.82, 2.24) is 10.2 Å². The van der Waals surface area contributed by atoms with Crippen LogP contribution in [0.3, 0.4) is 0 Å². The smallest absolute Gasteiger partial charge is 0.249 e. The number of amides is 2. The summed E-state index contributed by atoms with van der Waals surface area (Å²) in [5, 5.41) is 3.57. The van der Waals surface area contributed by atoms with E-state index < -0.39 is 5.54 Å². The summed E-state index contributed by atoms with van der Waals surface area (Å²) in [6.45, 7) is 2.62. The van der Waals surface area contributed by atoms with Crippen LogP contribution in [-0.4, -0.2) is 45.8 Å². The van der Waals surface area contributed by atoms with Gasteiger partial charge in [0.1, 0.15) is 11.6 Å². The number of hydrogen-bond donors (Lipinski definition) is 1. The average molecular weight is 310 g/mol. The highest BCUT2D eigenvalue weighted by atomic mass is 32.2. The van der Waals surface area contributed by atoms with Crippen LogP contribution in [0.1, 0.15) is 58.3 Å². The highest BCUT2D eigenvalue weighted by molar-refractivity contribution is 7.99. The minimum absolute atomic E-state index is 0.0392. The molecule has 3 rings (SSSR count). The van der Waals surface area contributed by atoms with Crippen LogP contribution in [0.5, 0.6) is 0 Å². The summed E-state index contributed by atoms with van der Waals surface area (Å²) in [5.74, 6) is 1.41. The van der Waals surface area contributed by atoms with Gasteiger partial charge in [0, 0.05) is 11.8 Å². The molecule has 0 radical (unpaired) electrons. The largest absolute Gasteiger partial charge is 0.340 e. The molecular formula is C16H26N2O2S. The first kappa shape index (κ1) is 15.2. The summed E-state index contributed by atoms with van der Waals surface area (Å²) < 4.78 is 0. The van der Waals surface area contributed by atoms with E-state index in [4.69, 9.17) is 0 Å². The molecule has 1 aliphatic carbocycles. The Kier molecular flexibility index (Phi) is 4.48. The Balaban J connectivity index is 1.76. The van der Waals surface area contributed by atoms with Crippen LogP contribution in [0.15, 0.2) is 0 Å². The number of rotatable bonds is 2. The van der Waals surface area contributed by atoms with Gasteiger partial charge in [0.2, 0.25) is 11.8 Å². The second kappa shape index (κ2) is 6.19. The van der Waals surface area contributed by atoms with Gasteiger partial charge in [-0.1, -0.05) is 25.7 Å². The van der Waals surface area contributed by atoms with E-state index in [2.05, 4.69) is 5.32 Å². The van der Waals surface area contributed by atoms with Crippen LogP contribution in [-0.2, 0) is 9.59 Å². The summed E-state index contributed by atoms with van der Waals surface area (Å²) in [5.41, 5.74) is -0.582. The standard InChI is InChI=1S/C16H26N2O2S/c1-12-14(19)17-16(8-4-2-5-9-16)15(20)18(12)11-13-7-3-6-10-21-13/h12-13H,2-11H2,1H3,(H,17,19). The molecule has 3 fully saturated rings. The van der Waals surface area contributed by atoms with Crippen LogP contribution >= 0.6 is 11.8 Å². The van der Waals surface area contributed by atoms with Gasteiger partial charge in [0.05, 0.1) is 0 Å². The zero-order chi connectivity index (χ0) is 14.9. The molecule has 0 aromatic rings. The minimum atomic E-state index is -0.582. The predicted octanol–water partition coefficient (Wildman–Crippen LogP) is 2.32. The SMILES string of the molecule is CC1C(=O)NC2(CCCCC2)C(=O)N1CC1CCCCS1. The van der Waals surface area contributed by atoms with Crippen LogP contribution in [0.4, 0.5) is 0 Å². The van der Waals surface area contributed by atoms with Crippen molar-refractivity contribution in [3.8, 4) is 0 Å². The summed E-state index contributed by atoms with van der Waals surface area (Å²) in [6, 6.07) is -0.312. The second-order valence-electron chi connectivity index (χ2n) is 6.75. The molecular weight excluding hydrogens is 284 g/mol. The summed E-state index contributed by atoms with van der Waals surface area (Å²) in [6.07, 6.45) is 8.63. The monoisotopic (exact) mass is 310 g/mol. The lowest BCUT2D eigenvalue weighted by atomic mass is 9.78. The lowest BCUT2D eigenvalue weighted by molar-refractivity contribution is -0.156. The van der Waals surface area contributed by atoms with Gasteiger partial charge in [-0.15, -0.1) is 0 Å². The average Bonchev–Trinajstić information content (AvgIpc) is 2.52. The van der Waals surface area contributed by atoms with E-state index in [1.54, 1.807) is 0 Å². The number of hydrogen-bond acceptors (Lipinski definition) is 3. The normalized spacial score (nSPS) is 33.1. The number of piperazine rings is 1. The maximum Gasteiger partial charge on any atom is 0.249 e. The molecule has 2 amide bonds. The molecule has 21 heavy (non-hydrogen) atoms. The molecule has 2 aliphatic heterocycles. The van der Waals surface area contributed by atoms with Gasteiger partial charge in [0.25, 0.3) is 0 Å². The minimum Gasteiger partial charge on any atom is -0.340 e. The third-order valence-electron chi connectivity index (χ3n) is 5.26. The first-order chi connectivity index (χ1) is 10.1. The molecule has 0 bridgehead atoms. The third-order valence-corrected chi connectivity index (χ3v) is 6.64. The van der Waals surface area contributed by atoms with Crippen molar-refractivity contribution in [2.24, 2.45) is 0 Å². The molecule has 2 unspecified atom stereocenters. The van der Waals surface area contributed by atoms with Crippen LogP contribution in [0, 0.1) is 0 Å². The number of nitrogens with one attached hydrogen (secondary N) is 1. The molecule has 1 saturated carbocycles. The van der Waals surface area contributed by atoms with Gasteiger partial charge in [0.15, 0.2) is 0 Å². The van der Waals surface area contributed by atoms with E-state index in [-0.39, 0.29) is 17.9 Å². The molecule has 1 spiro atoms. The third kappa shape index (κ3) is 2.94. The molecule has 2 atom stereocenters. The number of carbonyl (C=O) groups excluding carboxylic acids is 2. The van der Waals surface area contributed by atoms with Crippen molar-refractivity contribution < 1.29 is 9.59 Å². The fraction of sp³-hybridized carbons (Fsp3) is 0.875. The highest BCUT2D eigenvalue weighted by Crippen LogP contribution is 2.34. The number of carbonyl (C=O) groups is 2. The Morgan fingerprint density at radius 3 is 2.62 bits per heavy atom. The van der Waals surface area contributed by atoms with Crippen molar-refractivity contribution in [3.63, 3.8) is 0 Å². The van der Waals surface area contributed by atoms with Gasteiger partial charge in [-0.25, -0.2) is 0 Å². The van der Waals surface area contributed by atoms with Crippen molar-refractivity contribution in [2.45, 2.75) is 75.1 Å². The molecule has 4 nitrogen and oxygen atoms in total. The van der Waals surface area contributed by atoms with Crippen LogP contribution in [0.25, 0.3) is 0 Å². The van der Waals surface area contributed by atoms with E-state index in [9.17, 15) is 9.59 Å². The van der Waals surface area contributed by atoms with Crippen molar-refractivity contribution in [3.05, 3.63) is 0 Å². The fourth-order valence-electron chi connectivity index (χ4n) is 3.89. The predicted molar refractivity (Wildman–Crippen MR) is 85.2 cm³/mol. The summed E-state index contributed by atoms with van der Waals surface area (Å²) in [7, 11) is 0. The Bertz CT molecular complexity index is 415. The topological polar surface area (TPSA) is 49.4 Å². The number of nitrogens with zero attached hydrogens (tertiary/aromatic N) is 1. The second-order valence-corrected chi connectivity index (χ2v) is 8.16. The Morgan fingerprint density at radius 2 is 1.95 bits per heavy atom. The van der Waals surface area contributed by atoms with Gasteiger partial charge in [-0.3, -0.25) is 9.59 Å². The van der Waals surface area contributed by atoms with Gasteiger partial charge in [-0.05, 0) is 38.4 Å². The Labute approximate surface area is 131 Å². The highest BCUT2D eigenvalue weighted by Gasteiger charge is 2.50. The van der Waals surface area contributed by atoms with Crippen molar-refractivity contribution in [1.29, 1.82) is 0 Å². The molecule has 2 heterocycles. The zero-order valence-electron chi connectivity index (χ0n) is 12.9. The van der Waals surface area contributed by atoms with E-state index >= 15 is 0 Å². The lowest BCUT2D eigenvalue weighted by Crippen LogP contribution is -2.70. The molecule has 2 saturated heterocycles. The van der Waals surface area contributed by atoms with E-state index in [0.717, 1.165) is 32.2 Å². The number of thioether (sulfide) groups is 1. The Hall–Kier alpha value is -0.710. The van der Waals surface area contributed by atoms with Crippen LogP contribution < -0.4 is 5.32 Å². The first-order valence-corrected chi connectivity index (χ1v) is 9.42. The van der Waals surface area contributed by atoms with E-state index in [1.807, 2.05) is 23.6 Å². The zero-order valence-corrected chi connectivity index (χ0v) is 13.7. The molecule has 0 aromatic carbocycles. The summed E-state index contributed by atoms with van der Waals surface area (Å²) >= 11 is 1.97. The van der Waals surface area contributed by atoms with Crippen molar-refractivity contribution in [2.75, 3.05) is 12.3 Å². The molecule has 3 aliphatic rings. The maximum atomic E-state index is 13.0.